The van der Waals surface area contributed by atoms with E-state index in [2.05, 4.69) is 15.5 Å². The van der Waals surface area contributed by atoms with Crippen LogP contribution in [0.5, 0.6) is 11.5 Å². The first-order chi connectivity index (χ1) is 13.4. The fourth-order valence-corrected chi connectivity index (χ4v) is 3.88. The van der Waals surface area contributed by atoms with Crippen LogP contribution in [0.25, 0.3) is 10.6 Å². The molecule has 144 valence electrons. The molecule has 6 nitrogen and oxygen atoms in total. The van der Waals surface area contributed by atoms with Crippen LogP contribution in [0.3, 0.4) is 0 Å². The van der Waals surface area contributed by atoms with E-state index in [0.717, 1.165) is 5.56 Å². The maximum absolute atomic E-state index is 12.4. The van der Waals surface area contributed by atoms with Crippen LogP contribution in [0.1, 0.15) is 20.9 Å². The van der Waals surface area contributed by atoms with E-state index in [0.29, 0.717) is 26.2 Å². The zero-order chi connectivity index (χ0) is 20.3. The van der Waals surface area contributed by atoms with Crippen LogP contribution in [0.4, 0.5) is 0 Å². The predicted octanol–water partition coefficient (Wildman–Crippen LogP) is 4.90. The number of rotatable bonds is 5. The van der Waals surface area contributed by atoms with Crippen molar-refractivity contribution in [1.29, 1.82) is 0 Å². The molecule has 0 aliphatic carbocycles. The SMILES string of the molecule is COc1ccc(/C=N/NC(=O)c2sc(-c3ccccc3Cl)nc2C)c(Cl)c1O. The van der Waals surface area contributed by atoms with Gasteiger partial charge in [0, 0.05) is 11.1 Å². The number of hydrogen-bond donors (Lipinski definition) is 2. The molecule has 1 amide bonds. The van der Waals surface area contributed by atoms with E-state index in [-0.39, 0.29) is 16.5 Å². The number of nitrogens with one attached hydrogen (secondary N) is 1. The molecule has 0 bridgehead atoms. The lowest BCUT2D eigenvalue weighted by Gasteiger charge is -2.06. The van der Waals surface area contributed by atoms with Gasteiger partial charge in [-0.2, -0.15) is 5.10 Å². The lowest BCUT2D eigenvalue weighted by molar-refractivity contribution is 0.0958. The highest BCUT2D eigenvalue weighted by Crippen LogP contribution is 2.35. The van der Waals surface area contributed by atoms with Gasteiger partial charge in [-0.1, -0.05) is 41.4 Å². The van der Waals surface area contributed by atoms with Gasteiger partial charge in [0.1, 0.15) is 9.88 Å². The van der Waals surface area contributed by atoms with Gasteiger partial charge in [0.25, 0.3) is 5.91 Å². The van der Waals surface area contributed by atoms with Crippen LogP contribution in [0.15, 0.2) is 41.5 Å². The minimum Gasteiger partial charge on any atom is -0.503 e. The van der Waals surface area contributed by atoms with Crippen molar-refractivity contribution >= 4 is 46.7 Å². The topological polar surface area (TPSA) is 83.8 Å². The third-order valence-corrected chi connectivity index (χ3v) is 5.72. The Morgan fingerprint density at radius 3 is 2.75 bits per heavy atom. The molecule has 0 saturated heterocycles. The number of thiazole rings is 1. The van der Waals surface area contributed by atoms with Gasteiger partial charge in [-0.15, -0.1) is 11.3 Å². The van der Waals surface area contributed by atoms with E-state index < -0.39 is 5.91 Å². The van der Waals surface area contributed by atoms with Crippen LogP contribution in [-0.4, -0.2) is 29.3 Å². The Hall–Kier alpha value is -2.61. The maximum atomic E-state index is 12.4. The number of halogens is 2. The summed E-state index contributed by atoms with van der Waals surface area (Å²) in [6.45, 7) is 1.74. The number of carbonyl (C=O) groups is 1. The Balaban J connectivity index is 1.77. The van der Waals surface area contributed by atoms with E-state index in [1.54, 1.807) is 25.1 Å². The molecule has 0 unspecified atom stereocenters. The molecule has 0 spiro atoms. The summed E-state index contributed by atoms with van der Waals surface area (Å²) >= 11 is 13.5. The average molecular weight is 436 g/mol. The van der Waals surface area contributed by atoms with Gasteiger partial charge in [0.15, 0.2) is 11.5 Å². The van der Waals surface area contributed by atoms with E-state index in [9.17, 15) is 9.90 Å². The number of hydrogen-bond acceptors (Lipinski definition) is 6. The highest BCUT2D eigenvalue weighted by atomic mass is 35.5. The highest BCUT2D eigenvalue weighted by Gasteiger charge is 2.17. The van der Waals surface area contributed by atoms with Gasteiger partial charge < -0.3 is 9.84 Å². The molecule has 9 heteroatoms. The summed E-state index contributed by atoms with van der Waals surface area (Å²) in [7, 11) is 1.42. The summed E-state index contributed by atoms with van der Waals surface area (Å²) in [6, 6.07) is 10.5. The molecule has 28 heavy (non-hydrogen) atoms. The fourth-order valence-electron chi connectivity index (χ4n) is 2.40. The van der Waals surface area contributed by atoms with Gasteiger partial charge in [-0.25, -0.2) is 10.4 Å². The molecule has 0 radical (unpaired) electrons. The molecule has 0 saturated carbocycles. The normalized spacial score (nSPS) is 11.0. The first-order valence-electron chi connectivity index (χ1n) is 8.03. The number of amides is 1. The molecule has 0 aliphatic heterocycles. The number of ether oxygens (including phenoxy) is 1. The fraction of sp³-hybridized carbons (Fsp3) is 0.105. The Kier molecular flexibility index (Phi) is 6.18. The van der Waals surface area contributed by atoms with Crippen LogP contribution < -0.4 is 10.2 Å². The summed E-state index contributed by atoms with van der Waals surface area (Å²) in [4.78, 5) is 17.3. The Bertz CT molecular complexity index is 1070. The second-order valence-corrected chi connectivity index (χ2v) is 7.42. The molecule has 3 aromatic rings. The quantitative estimate of drug-likeness (QED) is 0.440. The first-order valence-corrected chi connectivity index (χ1v) is 9.60. The summed E-state index contributed by atoms with van der Waals surface area (Å²) in [5, 5.41) is 15.1. The number of nitrogens with zero attached hydrogens (tertiary/aromatic N) is 2. The van der Waals surface area contributed by atoms with Crippen molar-refractivity contribution in [3.63, 3.8) is 0 Å². The van der Waals surface area contributed by atoms with Crippen molar-refractivity contribution in [2.75, 3.05) is 7.11 Å². The van der Waals surface area contributed by atoms with Gasteiger partial charge in [0.05, 0.1) is 29.1 Å². The summed E-state index contributed by atoms with van der Waals surface area (Å²) in [6.07, 6.45) is 1.34. The van der Waals surface area contributed by atoms with Crippen molar-refractivity contribution in [3.8, 4) is 22.1 Å². The van der Waals surface area contributed by atoms with Crippen LogP contribution in [0.2, 0.25) is 10.0 Å². The van der Waals surface area contributed by atoms with E-state index in [1.807, 2.05) is 18.2 Å². The predicted molar refractivity (Wildman–Crippen MR) is 112 cm³/mol. The monoisotopic (exact) mass is 435 g/mol. The summed E-state index contributed by atoms with van der Waals surface area (Å²) < 4.78 is 4.98. The molecule has 1 aromatic heterocycles. The molecule has 2 aromatic carbocycles. The minimum atomic E-state index is -0.404. The Labute approximate surface area is 175 Å². The largest absolute Gasteiger partial charge is 0.503 e. The van der Waals surface area contributed by atoms with Crippen molar-refractivity contribution in [2.24, 2.45) is 5.10 Å². The van der Waals surface area contributed by atoms with Crippen molar-refractivity contribution < 1.29 is 14.6 Å². The lowest BCUT2D eigenvalue weighted by atomic mass is 10.2. The Morgan fingerprint density at radius 2 is 2.04 bits per heavy atom. The van der Waals surface area contributed by atoms with Gasteiger partial charge in [0.2, 0.25) is 0 Å². The second kappa shape index (κ2) is 8.60. The van der Waals surface area contributed by atoms with Crippen molar-refractivity contribution in [1.82, 2.24) is 10.4 Å². The van der Waals surface area contributed by atoms with Gasteiger partial charge in [-0.05, 0) is 25.1 Å². The zero-order valence-electron chi connectivity index (χ0n) is 14.9. The summed E-state index contributed by atoms with van der Waals surface area (Å²) in [5.41, 5.74) is 4.21. The number of phenolic OH excluding ortho intramolecular Hbond substituents is 1. The number of aromatic nitrogens is 1. The third kappa shape index (κ3) is 4.11. The van der Waals surface area contributed by atoms with E-state index in [4.69, 9.17) is 27.9 Å². The molecule has 0 aliphatic rings. The van der Waals surface area contributed by atoms with Crippen molar-refractivity contribution in [3.05, 3.63) is 62.6 Å². The molecule has 2 N–H and O–H groups in total. The van der Waals surface area contributed by atoms with E-state index in [1.165, 1.54) is 24.7 Å². The number of carbonyl (C=O) groups excluding carboxylic acids is 1. The smallest absolute Gasteiger partial charge is 0.283 e. The van der Waals surface area contributed by atoms with Crippen LogP contribution in [-0.2, 0) is 0 Å². The number of benzene rings is 2. The van der Waals surface area contributed by atoms with Gasteiger partial charge in [-0.3, -0.25) is 4.79 Å². The minimum absolute atomic E-state index is 0.0762. The molecule has 1 heterocycles. The highest BCUT2D eigenvalue weighted by molar-refractivity contribution is 7.17. The zero-order valence-corrected chi connectivity index (χ0v) is 17.2. The standard InChI is InChI=1S/C19H15Cl2N3O3S/c1-10-17(28-19(23-10)12-5-3-4-6-13(12)20)18(26)24-22-9-11-7-8-14(27-2)16(25)15(11)21/h3-9,25H,1-2H3,(H,24,26)/b22-9+. The van der Waals surface area contributed by atoms with E-state index >= 15 is 0 Å². The number of aryl methyl sites for hydroxylation is 1. The van der Waals surface area contributed by atoms with Crippen LogP contribution in [0, 0.1) is 6.92 Å². The van der Waals surface area contributed by atoms with Crippen LogP contribution >= 0.6 is 34.5 Å². The third-order valence-electron chi connectivity index (χ3n) is 3.81. The second-order valence-electron chi connectivity index (χ2n) is 5.63. The lowest BCUT2D eigenvalue weighted by Crippen LogP contribution is -2.17. The number of hydrazone groups is 1. The maximum Gasteiger partial charge on any atom is 0.283 e. The average Bonchev–Trinajstić information content (AvgIpc) is 3.07. The number of aromatic hydroxyl groups is 1. The van der Waals surface area contributed by atoms with Gasteiger partial charge >= 0.3 is 0 Å². The Morgan fingerprint density at radius 1 is 1.29 bits per heavy atom. The first kappa shape index (κ1) is 20.1. The molecule has 3 rings (SSSR count). The number of phenols is 1. The summed E-state index contributed by atoms with van der Waals surface area (Å²) in [5.74, 6) is -0.348. The molecular formula is C19H15Cl2N3O3S. The molecule has 0 atom stereocenters. The molecular weight excluding hydrogens is 421 g/mol. The molecule has 0 fully saturated rings. The number of methoxy groups -OCH3 is 1. The van der Waals surface area contributed by atoms with Crippen molar-refractivity contribution in [2.45, 2.75) is 6.92 Å².